The van der Waals surface area contributed by atoms with E-state index in [4.69, 9.17) is 0 Å². The number of benzene rings is 1. The molecule has 1 amide bonds. The second kappa shape index (κ2) is 7.42. The lowest BCUT2D eigenvalue weighted by molar-refractivity contribution is -0.135. The van der Waals surface area contributed by atoms with Crippen molar-refractivity contribution in [3.63, 3.8) is 0 Å². The van der Waals surface area contributed by atoms with E-state index in [-0.39, 0.29) is 10.1 Å². The number of amides is 1. The molecular weight excluding hydrogens is 373 g/mol. The third kappa shape index (κ3) is 3.84. The van der Waals surface area contributed by atoms with E-state index >= 15 is 0 Å². The zero-order valence-electron chi connectivity index (χ0n) is 12.1. The van der Waals surface area contributed by atoms with Crippen molar-refractivity contribution in [2.75, 3.05) is 7.11 Å². The number of nitrogens with zero attached hydrogens (tertiary/aromatic N) is 2. The SMILES string of the molecule is COC(=O)/C=C1/S/C(=N\N=Cc2c(F)c(F)c(F)c(F)c2F)NC1=O. The summed E-state index contributed by atoms with van der Waals surface area (Å²) in [6.07, 6.45) is 1.17. The van der Waals surface area contributed by atoms with Gasteiger partial charge in [0.2, 0.25) is 5.82 Å². The van der Waals surface area contributed by atoms with Crippen LogP contribution in [0.1, 0.15) is 5.56 Å². The number of amidine groups is 1. The van der Waals surface area contributed by atoms with E-state index in [1.807, 2.05) is 0 Å². The van der Waals surface area contributed by atoms with Crippen LogP contribution in [0.5, 0.6) is 0 Å². The van der Waals surface area contributed by atoms with E-state index in [1.54, 1.807) is 0 Å². The Morgan fingerprint density at radius 3 is 2.20 bits per heavy atom. The van der Waals surface area contributed by atoms with E-state index in [0.29, 0.717) is 18.0 Å². The maximum atomic E-state index is 13.4. The number of rotatable bonds is 3. The van der Waals surface area contributed by atoms with Crippen LogP contribution in [-0.2, 0) is 14.3 Å². The van der Waals surface area contributed by atoms with Gasteiger partial charge in [-0.1, -0.05) is 0 Å². The number of esters is 1. The number of carbonyl (C=O) groups excluding carboxylic acids is 2. The second-order valence-electron chi connectivity index (χ2n) is 4.22. The molecular formula is C13H6F5N3O3S. The normalized spacial score (nSPS) is 17.6. The fourth-order valence-corrected chi connectivity index (χ4v) is 2.25. The van der Waals surface area contributed by atoms with E-state index < -0.39 is 46.5 Å². The van der Waals surface area contributed by atoms with E-state index in [2.05, 4.69) is 20.3 Å². The Hall–Kier alpha value is -2.76. The molecule has 1 heterocycles. The quantitative estimate of drug-likeness (QED) is 0.166. The monoisotopic (exact) mass is 379 g/mol. The topological polar surface area (TPSA) is 80.1 Å². The third-order valence-corrected chi connectivity index (χ3v) is 3.58. The molecule has 1 aliphatic heterocycles. The van der Waals surface area contributed by atoms with Gasteiger partial charge in [-0.2, -0.15) is 5.10 Å². The van der Waals surface area contributed by atoms with Gasteiger partial charge in [0.15, 0.2) is 28.4 Å². The summed E-state index contributed by atoms with van der Waals surface area (Å²) in [5.74, 6) is -12.2. The molecule has 1 N–H and O–H groups in total. The number of hydrogen-bond acceptors (Lipinski definition) is 6. The van der Waals surface area contributed by atoms with Gasteiger partial charge in [-0.15, -0.1) is 5.10 Å². The van der Waals surface area contributed by atoms with Crippen molar-refractivity contribution >= 4 is 35.0 Å². The number of hydrogen-bond donors (Lipinski definition) is 1. The van der Waals surface area contributed by atoms with Crippen molar-refractivity contribution in [3.8, 4) is 0 Å². The molecule has 0 unspecified atom stereocenters. The lowest BCUT2D eigenvalue weighted by Gasteiger charge is -2.02. The van der Waals surface area contributed by atoms with Gasteiger partial charge in [0.05, 0.1) is 23.8 Å². The first-order chi connectivity index (χ1) is 11.8. The van der Waals surface area contributed by atoms with Crippen molar-refractivity contribution < 1.29 is 36.3 Å². The first kappa shape index (κ1) is 18.6. The predicted molar refractivity (Wildman–Crippen MR) is 77.1 cm³/mol. The van der Waals surface area contributed by atoms with Crippen molar-refractivity contribution in [1.29, 1.82) is 0 Å². The second-order valence-corrected chi connectivity index (χ2v) is 5.25. The van der Waals surface area contributed by atoms with Crippen LogP contribution < -0.4 is 5.32 Å². The number of thioether (sulfide) groups is 1. The first-order valence-corrected chi connectivity index (χ1v) is 6.99. The smallest absolute Gasteiger partial charge is 0.331 e. The van der Waals surface area contributed by atoms with Crippen LogP contribution in [0.4, 0.5) is 22.0 Å². The van der Waals surface area contributed by atoms with Crippen LogP contribution in [0.25, 0.3) is 0 Å². The summed E-state index contributed by atoms with van der Waals surface area (Å²) in [6.45, 7) is 0. The molecule has 1 fully saturated rings. The van der Waals surface area contributed by atoms with Crippen molar-refractivity contribution in [1.82, 2.24) is 5.32 Å². The highest BCUT2D eigenvalue weighted by Gasteiger charge is 2.26. The number of ether oxygens (including phenoxy) is 1. The molecule has 1 aromatic rings. The van der Waals surface area contributed by atoms with Gasteiger partial charge < -0.3 is 4.74 Å². The fraction of sp³-hybridized carbons (Fsp3) is 0.0769. The van der Waals surface area contributed by atoms with Crippen molar-refractivity contribution in [3.05, 3.63) is 45.6 Å². The number of halogens is 5. The molecule has 0 bridgehead atoms. The molecule has 1 aliphatic rings. The minimum absolute atomic E-state index is 0.0861. The highest BCUT2D eigenvalue weighted by Crippen LogP contribution is 2.24. The Kier molecular flexibility index (Phi) is 5.51. The van der Waals surface area contributed by atoms with Crippen molar-refractivity contribution in [2.45, 2.75) is 0 Å². The standard InChI is InChI=1S/C13H6F5N3O3S/c1-24-6(22)2-5-12(23)20-13(25-5)21-19-3-4-7(14)9(16)11(18)10(17)8(4)15/h2-3H,1H3,(H,20,21,23)/b5-2+,19-3?. The van der Waals surface area contributed by atoms with Gasteiger partial charge in [-0.05, 0) is 11.8 Å². The molecule has 0 aliphatic carbocycles. The summed E-state index contributed by atoms with van der Waals surface area (Å²) in [7, 11) is 1.10. The highest BCUT2D eigenvalue weighted by atomic mass is 32.2. The Morgan fingerprint density at radius 1 is 1.08 bits per heavy atom. The minimum atomic E-state index is -2.30. The lowest BCUT2D eigenvalue weighted by atomic mass is 10.2. The van der Waals surface area contributed by atoms with Gasteiger partial charge in [0, 0.05) is 6.08 Å². The summed E-state index contributed by atoms with van der Waals surface area (Å²) in [4.78, 5) is 22.5. The molecule has 0 atom stereocenters. The van der Waals surface area contributed by atoms with Crippen LogP contribution in [0, 0.1) is 29.1 Å². The molecule has 6 nitrogen and oxygen atoms in total. The van der Waals surface area contributed by atoms with Gasteiger partial charge in [0.25, 0.3) is 5.91 Å². The molecule has 0 spiro atoms. The summed E-state index contributed by atoms with van der Waals surface area (Å²) in [5, 5.41) is 8.53. The van der Waals surface area contributed by atoms with E-state index in [1.165, 1.54) is 0 Å². The zero-order valence-corrected chi connectivity index (χ0v) is 12.9. The van der Waals surface area contributed by atoms with Gasteiger partial charge in [-0.3, -0.25) is 10.1 Å². The fourth-order valence-electron chi connectivity index (χ4n) is 1.52. The average Bonchev–Trinajstić information content (AvgIpc) is 2.93. The molecule has 12 heteroatoms. The molecule has 1 saturated heterocycles. The minimum Gasteiger partial charge on any atom is -0.466 e. The number of nitrogens with one attached hydrogen (secondary N) is 1. The summed E-state index contributed by atoms with van der Waals surface area (Å²) in [6, 6.07) is 0. The van der Waals surface area contributed by atoms with Gasteiger partial charge >= 0.3 is 5.97 Å². The van der Waals surface area contributed by atoms with Crippen LogP contribution >= 0.6 is 11.8 Å². The zero-order chi connectivity index (χ0) is 18.7. The molecule has 0 radical (unpaired) electrons. The lowest BCUT2D eigenvalue weighted by Crippen LogP contribution is -2.19. The molecule has 0 aromatic heterocycles. The Balaban J connectivity index is 2.25. The number of methoxy groups -OCH3 is 1. The summed E-state index contributed by atoms with van der Waals surface area (Å²) < 4.78 is 70.1. The predicted octanol–water partition coefficient (Wildman–Crippen LogP) is 1.99. The average molecular weight is 379 g/mol. The Bertz CT molecular complexity index is 825. The summed E-state index contributed by atoms with van der Waals surface area (Å²) in [5.41, 5.74) is -1.29. The van der Waals surface area contributed by atoms with E-state index in [9.17, 15) is 31.5 Å². The van der Waals surface area contributed by atoms with Gasteiger partial charge in [-0.25, -0.2) is 26.7 Å². The number of carbonyl (C=O) groups is 2. The molecule has 1 aromatic carbocycles. The Morgan fingerprint density at radius 2 is 1.64 bits per heavy atom. The Labute approximate surface area is 140 Å². The van der Waals surface area contributed by atoms with Gasteiger partial charge in [0.1, 0.15) is 0 Å². The van der Waals surface area contributed by atoms with Crippen LogP contribution in [0.3, 0.4) is 0 Å². The van der Waals surface area contributed by atoms with Crippen molar-refractivity contribution in [2.24, 2.45) is 10.2 Å². The van der Waals surface area contributed by atoms with Crippen LogP contribution in [0.15, 0.2) is 21.2 Å². The maximum Gasteiger partial charge on any atom is 0.331 e. The molecule has 25 heavy (non-hydrogen) atoms. The summed E-state index contributed by atoms with van der Waals surface area (Å²) >= 11 is 0.655. The molecule has 2 rings (SSSR count). The van der Waals surface area contributed by atoms with Crippen LogP contribution in [0.2, 0.25) is 0 Å². The molecule has 0 saturated carbocycles. The third-order valence-electron chi connectivity index (χ3n) is 2.68. The first-order valence-electron chi connectivity index (χ1n) is 6.17. The van der Waals surface area contributed by atoms with E-state index in [0.717, 1.165) is 13.2 Å². The maximum absolute atomic E-state index is 13.4. The highest BCUT2D eigenvalue weighted by molar-refractivity contribution is 8.18. The molecule has 132 valence electrons. The van der Waals surface area contributed by atoms with Crippen LogP contribution in [-0.4, -0.2) is 30.4 Å². The largest absolute Gasteiger partial charge is 0.466 e.